The molecule has 1 aliphatic carbocycles. The fourth-order valence-corrected chi connectivity index (χ4v) is 4.76. The van der Waals surface area contributed by atoms with E-state index in [1.165, 1.54) is 42.5 Å². The topological polar surface area (TPSA) is 41.6 Å². The highest BCUT2D eigenvalue weighted by atomic mass is 16.5. The van der Waals surface area contributed by atoms with Crippen molar-refractivity contribution in [1.82, 2.24) is 5.32 Å². The van der Waals surface area contributed by atoms with E-state index in [2.05, 4.69) is 47.5 Å². The van der Waals surface area contributed by atoms with Gasteiger partial charge in [0.15, 0.2) is 6.10 Å². The Morgan fingerprint density at radius 2 is 1.74 bits per heavy atom. The Balaban J connectivity index is 1.34. The van der Waals surface area contributed by atoms with Crippen molar-refractivity contribution in [3.63, 3.8) is 0 Å². The molecule has 4 rings (SSSR count). The number of benzene rings is 2. The van der Waals surface area contributed by atoms with E-state index in [9.17, 15) is 4.79 Å². The fraction of sp³-hybridized carbons (Fsp3) is 0.519. The Hall–Kier alpha value is -2.49. The number of amides is 1. The van der Waals surface area contributed by atoms with Gasteiger partial charge in [-0.3, -0.25) is 4.79 Å². The molecule has 1 saturated heterocycles. The van der Waals surface area contributed by atoms with Crippen LogP contribution in [0.2, 0.25) is 0 Å². The number of carbonyl (C=O) groups excluding carboxylic acids is 1. The Labute approximate surface area is 187 Å². The van der Waals surface area contributed by atoms with Gasteiger partial charge in [-0.1, -0.05) is 31.2 Å². The number of fused-ring (bicyclic) bond motifs is 1. The molecule has 1 N–H and O–H groups in total. The summed E-state index contributed by atoms with van der Waals surface area (Å²) in [6, 6.07) is 14.8. The largest absolute Gasteiger partial charge is 0.481 e. The van der Waals surface area contributed by atoms with Crippen molar-refractivity contribution in [3.05, 3.63) is 59.2 Å². The van der Waals surface area contributed by atoms with E-state index in [0.29, 0.717) is 0 Å². The van der Waals surface area contributed by atoms with Crippen molar-refractivity contribution in [3.8, 4) is 5.75 Å². The van der Waals surface area contributed by atoms with Gasteiger partial charge in [-0.15, -0.1) is 0 Å². The van der Waals surface area contributed by atoms with Gasteiger partial charge in [-0.25, -0.2) is 0 Å². The highest BCUT2D eigenvalue weighted by Crippen LogP contribution is 2.30. The van der Waals surface area contributed by atoms with Crippen LogP contribution in [0.1, 0.15) is 69.2 Å². The first-order chi connectivity index (χ1) is 15.0. The van der Waals surface area contributed by atoms with Gasteiger partial charge in [0.1, 0.15) is 5.75 Å². The van der Waals surface area contributed by atoms with Gasteiger partial charge in [-0.05, 0) is 93.2 Å². The molecule has 0 spiro atoms. The van der Waals surface area contributed by atoms with Crippen LogP contribution >= 0.6 is 0 Å². The van der Waals surface area contributed by atoms with Gasteiger partial charge >= 0.3 is 0 Å². The first-order valence-electron chi connectivity index (χ1n) is 11.9. The number of piperidine rings is 1. The average molecular weight is 421 g/mol. The molecular formula is C27H36N2O2. The van der Waals surface area contributed by atoms with Crippen LogP contribution in [-0.4, -0.2) is 25.1 Å². The van der Waals surface area contributed by atoms with Crippen molar-refractivity contribution in [2.75, 3.05) is 18.0 Å². The lowest BCUT2D eigenvalue weighted by atomic mass is 9.91. The summed E-state index contributed by atoms with van der Waals surface area (Å²) in [5, 5.41) is 3.12. The summed E-state index contributed by atoms with van der Waals surface area (Å²) >= 11 is 0. The van der Waals surface area contributed by atoms with Crippen LogP contribution in [-0.2, 0) is 17.6 Å². The third kappa shape index (κ3) is 5.23. The fourth-order valence-electron chi connectivity index (χ4n) is 4.76. The lowest BCUT2D eigenvalue weighted by Gasteiger charge is -2.32. The maximum atomic E-state index is 12.8. The number of carbonyl (C=O) groups is 1. The van der Waals surface area contributed by atoms with Gasteiger partial charge < -0.3 is 15.0 Å². The smallest absolute Gasteiger partial charge is 0.261 e. The van der Waals surface area contributed by atoms with E-state index in [-0.39, 0.29) is 11.9 Å². The van der Waals surface area contributed by atoms with Gasteiger partial charge in [0.25, 0.3) is 5.91 Å². The number of hydrogen-bond donors (Lipinski definition) is 1. The number of ether oxygens (including phenoxy) is 1. The molecular weight excluding hydrogens is 384 g/mol. The molecule has 0 unspecified atom stereocenters. The number of nitrogens with zero attached hydrogens (tertiary/aromatic N) is 1. The zero-order chi connectivity index (χ0) is 21.8. The molecule has 2 aliphatic rings. The van der Waals surface area contributed by atoms with Crippen LogP contribution in [0.3, 0.4) is 0 Å². The quantitative estimate of drug-likeness (QED) is 0.676. The van der Waals surface area contributed by atoms with E-state index in [1.54, 1.807) is 0 Å². The van der Waals surface area contributed by atoms with Crippen molar-refractivity contribution in [2.24, 2.45) is 5.92 Å². The normalized spacial score (nSPS) is 18.7. The second kappa shape index (κ2) is 9.76. The predicted molar refractivity (Wildman–Crippen MR) is 127 cm³/mol. The molecule has 2 aromatic carbocycles. The maximum absolute atomic E-state index is 12.8. The molecule has 166 valence electrons. The summed E-state index contributed by atoms with van der Waals surface area (Å²) in [5.74, 6) is 1.62. The minimum atomic E-state index is -0.523. The molecule has 31 heavy (non-hydrogen) atoms. The summed E-state index contributed by atoms with van der Waals surface area (Å²) in [6.07, 6.45) is 6.57. The molecule has 1 fully saturated rings. The van der Waals surface area contributed by atoms with Crippen molar-refractivity contribution < 1.29 is 9.53 Å². The molecule has 2 atom stereocenters. The highest BCUT2D eigenvalue weighted by molar-refractivity contribution is 5.81. The van der Waals surface area contributed by atoms with Crippen LogP contribution in [0.15, 0.2) is 42.5 Å². The number of anilines is 1. The number of hydrogen-bond acceptors (Lipinski definition) is 3. The standard InChI is InChI=1S/C27H36N2O2/c1-19-15-17-29(18-16-19)24-13-11-22(12-14-24)20(2)28-27(30)21(3)31-26-10-6-8-23-7-4-5-9-25(23)26/h6,8,10-14,19-21H,4-5,7,9,15-18H2,1-3H3,(H,28,30)/t20-,21-/m0/s1. The number of rotatable bonds is 6. The van der Waals surface area contributed by atoms with Crippen LogP contribution in [0.5, 0.6) is 5.75 Å². The van der Waals surface area contributed by atoms with Crippen molar-refractivity contribution >= 4 is 11.6 Å². The zero-order valence-electron chi connectivity index (χ0n) is 19.2. The first-order valence-corrected chi connectivity index (χ1v) is 11.9. The van der Waals surface area contributed by atoms with Gasteiger partial charge in [-0.2, -0.15) is 0 Å². The van der Waals surface area contributed by atoms with Crippen LogP contribution < -0.4 is 15.0 Å². The monoisotopic (exact) mass is 420 g/mol. The van der Waals surface area contributed by atoms with E-state index < -0.39 is 6.10 Å². The van der Waals surface area contributed by atoms with Gasteiger partial charge in [0.05, 0.1) is 6.04 Å². The minimum Gasteiger partial charge on any atom is -0.481 e. The first kappa shape index (κ1) is 21.7. The highest BCUT2D eigenvalue weighted by Gasteiger charge is 2.21. The third-order valence-corrected chi connectivity index (χ3v) is 6.93. The van der Waals surface area contributed by atoms with E-state index >= 15 is 0 Å². The average Bonchev–Trinajstić information content (AvgIpc) is 2.80. The molecule has 0 radical (unpaired) electrons. The lowest BCUT2D eigenvalue weighted by Crippen LogP contribution is -2.38. The third-order valence-electron chi connectivity index (χ3n) is 6.93. The van der Waals surface area contributed by atoms with Crippen molar-refractivity contribution in [2.45, 2.75) is 71.4 Å². The molecule has 4 nitrogen and oxygen atoms in total. The van der Waals surface area contributed by atoms with Crippen molar-refractivity contribution in [1.29, 1.82) is 0 Å². The molecule has 0 bridgehead atoms. The summed E-state index contributed by atoms with van der Waals surface area (Å²) < 4.78 is 6.10. The molecule has 1 amide bonds. The minimum absolute atomic E-state index is 0.0568. The molecule has 2 aromatic rings. The second-order valence-electron chi connectivity index (χ2n) is 9.35. The van der Waals surface area contributed by atoms with Crippen LogP contribution in [0.25, 0.3) is 0 Å². The summed E-state index contributed by atoms with van der Waals surface area (Å²) in [4.78, 5) is 15.3. The van der Waals surface area contributed by atoms with Crippen LogP contribution in [0, 0.1) is 5.92 Å². The number of aryl methyl sites for hydroxylation is 1. The zero-order valence-corrected chi connectivity index (χ0v) is 19.2. The summed E-state index contributed by atoms with van der Waals surface area (Å²) in [6.45, 7) is 8.47. The summed E-state index contributed by atoms with van der Waals surface area (Å²) in [7, 11) is 0. The molecule has 0 saturated carbocycles. The van der Waals surface area contributed by atoms with E-state index in [1.807, 2.05) is 26.0 Å². The Morgan fingerprint density at radius 1 is 1.03 bits per heavy atom. The van der Waals surface area contributed by atoms with E-state index in [0.717, 1.165) is 43.2 Å². The Kier molecular flexibility index (Phi) is 6.84. The van der Waals surface area contributed by atoms with Gasteiger partial charge in [0, 0.05) is 18.8 Å². The van der Waals surface area contributed by atoms with Gasteiger partial charge in [0.2, 0.25) is 0 Å². The SMILES string of the molecule is CC1CCN(c2ccc([C@H](C)NC(=O)[C@H](C)Oc3cccc4c3CCCC4)cc2)CC1. The lowest BCUT2D eigenvalue weighted by molar-refractivity contribution is -0.127. The number of nitrogens with one attached hydrogen (secondary N) is 1. The molecule has 1 heterocycles. The second-order valence-corrected chi connectivity index (χ2v) is 9.35. The molecule has 0 aromatic heterocycles. The molecule has 4 heteroatoms. The van der Waals surface area contributed by atoms with E-state index in [4.69, 9.17) is 4.74 Å². The molecule has 1 aliphatic heterocycles. The Morgan fingerprint density at radius 3 is 2.48 bits per heavy atom. The Bertz CT molecular complexity index is 885. The summed E-state index contributed by atoms with van der Waals surface area (Å²) in [5.41, 5.74) is 5.05. The predicted octanol–water partition coefficient (Wildman–Crippen LogP) is 5.45. The maximum Gasteiger partial charge on any atom is 0.261 e. The van der Waals surface area contributed by atoms with Crippen LogP contribution in [0.4, 0.5) is 5.69 Å².